The monoisotopic (exact) mass is 272 g/mol. The summed E-state index contributed by atoms with van der Waals surface area (Å²) >= 11 is 5.84. The lowest BCUT2D eigenvalue weighted by atomic mass is 9.90. The highest BCUT2D eigenvalue weighted by molar-refractivity contribution is 6.33. The number of carbonyl (C=O) groups is 1. The van der Waals surface area contributed by atoms with Gasteiger partial charge >= 0.3 is 0 Å². The smallest absolute Gasteiger partial charge is 0.244 e. The molecule has 1 amide bonds. The predicted octanol–water partition coefficient (Wildman–Crippen LogP) is 1.93. The standard InChI is InChI=1S/C12H14ClFN2O2/c13-8-2-1-3-9(14)10(8)16-11(17)12(15)4-6-18-7-5-12/h1-3H,4-7,15H2,(H,16,17). The van der Waals surface area contributed by atoms with Crippen molar-refractivity contribution in [2.75, 3.05) is 18.5 Å². The lowest BCUT2D eigenvalue weighted by Gasteiger charge is -2.31. The first-order valence-corrected chi connectivity index (χ1v) is 6.03. The van der Waals surface area contributed by atoms with Crippen LogP contribution in [0.5, 0.6) is 0 Å². The first-order chi connectivity index (χ1) is 8.53. The molecule has 0 aromatic heterocycles. The number of ether oxygens (including phenoxy) is 1. The van der Waals surface area contributed by atoms with Crippen molar-refractivity contribution >= 4 is 23.2 Å². The minimum absolute atomic E-state index is 0.0273. The largest absolute Gasteiger partial charge is 0.381 e. The number of halogens is 2. The van der Waals surface area contributed by atoms with Gasteiger partial charge in [-0.1, -0.05) is 17.7 Å². The van der Waals surface area contributed by atoms with Gasteiger partial charge in [0.2, 0.25) is 5.91 Å². The van der Waals surface area contributed by atoms with Crippen LogP contribution in [0.2, 0.25) is 5.02 Å². The molecule has 0 radical (unpaired) electrons. The molecule has 0 atom stereocenters. The van der Waals surface area contributed by atoms with Crippen LogP contribution in [-0.4, -0.2) is 24.7 Å². The second-order valence-electron chi connectivity index (χ2n) is 4.32. The lowest BCUT2D eigenvalue weighted by Crippen LogP contribution is -2.54. The Morgan fingerprint density at radius 2 is 2.11 bits per heavy atom. The van der Waals surface area contributed by atoms with Gasteiger partial charge in [-0.25, -0.2) is 4.39 Å². The molecular formula is C12H14ClFN2O2. The van der Waals surface area contributed by atoms with Crippen LogP contribution in [0.3, 0.4) is 0 Å². The van der Waals surface area contributed by atoms with E-state index in [1.54, 1.807) is 0 Å². The molecular weight excluding hydrogens is 259 g/mol. The first-order valence-electron chi connectivity index (χ1n) is 5.65. The van der Waals surface area contributed by atoms with Crippen molar-refractivity contribution in [3.05, 3.63) is 29.0 Å². The molecule has 0 bridgehead atoms. The van der Waals surface area contributed by atoms with Crippen LogP contribution in [0, 0.1) is 5.82 Å². The Morgan fingerprint density at radius 1 is 1.44 bits per heavy atom. The van der Waals surface area contributed by atoms with E-state index in [-0.39, 0.29) is 10.7 Å². The number of carbonyl (C=O) groups excluding carboxylic acids is 1. The lowest BCUT2D eigenvalue weighted by molar-refractivity contribution is -0.124. The predicted molar refractivity (Wildman–Crippen MR) is 67.0 cm³/mol. The minimum Gasteiger partial charge on any atom is -0.381 e. The molecule has 98 valence electrons. The van der Waals surface area contributed by atoms with E-state index in [1.807, 2.05) is 0 Å². The molecule has 0 unspecified atom stereocenters. The molecule has 1 fully saturated rings. The zero-order valence-corrected chi connectivity index (χ0v) is 10.5. The number of hydrogen-bond donors (Lipinski definition) is 2. The van der Waals surface area contributed by atoms with Crippen molar-refractivity contribution in [2.24, 2.45) is 5.73 Å². The third-order valence-electron chi connectivity index (χ3n) is 3.04. The Bertz CT molecular complexity index is 441. The number of nitrogens with one attached hydrogen (secondary N) is 1. The summed E-state index contributed by atoms with van der Waals surface area (Å²) in [6.07, 6.45) is 0.815. The molecule has 0 spiro atoms. The zero-order chi connectivity index (χ0) is 13.2. The summed E-state index contributed by atoms with van der Waals surface area (Å²) in [5, 5.41) is 2.61. The maximum atomic E-state index is 13.5. The normalized spacial score (nSPS) is 18.4. The highest BCUT2D eigenvalue weighted by Crippen LogP contribution is 2.27. The molecule has 1 heterocycles. The van der Waals surface area contributed by atoms with Gasteiger partial charge in [-0.2, -0.15) is 0 Å². The molecule has 4 nitrogen and oxygen atoms in total. The molecule has 6 heteroatoms. The molecule has 1 aromatic rings. The zero-order valence-electron chi connectivity index (χ0n) is 9.71. The van der Waals surface area contributed by atoms with Crippen molar-refractivity contribution in [3.63, 3.8) is 0 Å². The van der Waals surface area contributed by atoms with Crippen molar-refractivity contribution in [1.29, 1.82) is 0 Å². The SMILES string of the molecule is NC1(C(=O)Nc2c(F)cccc2Cl)CCOCC1. The average molecular weight is 273 g/mol. The summed E-state index contributed by atoms with van der Waals surface area (Å²) in [5.41, 5.74) is 4.94. The molecule has 0 aliphatic carbocycles. The molecule has 1 aliphatic rings. The summed E-state index contributed by atoms with van der Waals surface area (Å²) in [6.45, 7) is 0.851. The Labute approximate surface area is 109 Å². The van der Waals surface area contributed by atoms with E-state index in [9.17, 15) is 9.18 Å². The van der Waals surface area contributed by atoms with Crippen LogP contribution in [0.15, 0.2) is 18.2 Å². The van der Waals surface area contributed by atoms with Gasteiger partial charge in [0.15, 0.2) is 0 Å². The van der Waals surface area contributed by atoms with Crippen LogP contribution < -0.4 is 11.1 Å². The van der Waals surface area contributed by atoms with Gasteiger partial charge in [0.25, 0.3) is 0 Å². The molecule has 1 saturated heterocycles. The fourth-order valence-electron chi connectivity index (χ4n) is 1.82. The number of anilines is 1. The Balaban J connectivity index is 2.16. The minimum atomic E-state index is -1.02. The average Bonchev–Trinajstić information content (AvgIpc) is 2.34. The number of amides is 1. The number of rotatable bonds is 2. The van der Waals surface area contributed by atoms with Gasteiger partial charge in [-0.15, -0.1) is 0 Å². The van der Waals surface area contributed by atoms with Gasteiger partial charge in [-0.3, -0.25) is 4.79 Å². The molecule has 1 aliphatic heterocycles. The molecule has 3 N–H and O–H groups in total. The van der Waals surface area contributed by atoms with E-state index >= 15 is 0 Å². The molecule has 0 saturated carbocycles. The van der Waals surface area contributed by atoms with Gasteiger partial charge in [0, 0.05) is 13.2 Å². The van der Waals surface area contributed by atoms with Crippen molar-refractivity contribution in [3.8, 4) is 0 Å². The second kappa shape index (κ2) is 5.22. The van der Waals surface area contributed by atoms with E-state index in [0.717, 1.165) is 0 Å². The molecule has 18 heavy (non-hydrogen) atoms. The summed E-state index contributed by atoms with van der Waals surface area (Å²) < 4.78 is 18.7. The highest BCUT2D eigenvalue weighted by atomic mass is 35.5. The van der Waals surface area contributed by atoms with E-state index in [2.05, 4.69) is 5.32 Å². The van der Waals surface area contributed by atoms with Crippen molar-refractivity contribution < 1.29 is 13.9 Å². The summed E-state index contributed by atoms with van der Waals surface area (Å²) in [5.74, 6) is -1.01. The van der Waals surface area contributed by atoms with E-state index in [4.69, 9.17) is 22.1 Å². The Hall–Kier alpha value is -1.17. The van der Waals surface area contributed by atoms with E-state index in [0.29, 0.717) is 26.1 Å². The number of para-hydroxylation sites is 1. The second-order valence-corrected chi connectivity index (χ2v) is 4.73. The van der Waals surface area contributed by atoms with Gasteiger partial charge in [-0.05, 0) is 25.0 Å². The number of benzene rings is 1. The quantitative estimate of drug-likeness (QED) is 0.865. The maximum absolute atomic E-state index is 13.5. The van der Waals surface area contributed by atoms with Crippen LogP contribution in [-0.2, 0) is 9.53 Å². The topological polar surface area (TPSA) is 64.4 Å². The maximum Gasteiger partial charge on any atom is 0.244 e. The highest BCUT2D eigenvalue weighted by Gasteiger charge is 2.36. The third-order valence-corrected chi connectivity index (χ3v) is 3.35. The van der Waals surface area contributed by atoms with Gasteiger partial charge in [0.1, 0.15) is 11.4 Å². The first kappa shape index (κ1) is 13.3. The van der Waals surface area contributed by atoms with Gasteiger partial charge < -0.3 is 15.8 Å². The van der Waals surface area contributed by atoms with Gasteiger partial charge in [0.05, 0.1) is 10.7 Å². The van der Waals surface area contributed by atoms with E-state index < -0.39 is 17.3 Å². The molecule has 1 aromatic carbocycles. The number of hydrogen-bond acceptors (Lipinski definition) is 3. The number of nitrogens with two attached hydrogens (primary N) is 1. The third kappa shape index (κ3) is 2.63. The van der Waals surface area contributed by atoms with Crippen molar-refractivity contribution in [1.82, 2.24) is 0 Å². The Morgan fingerprint density at radius 3 is 2.72 bits per heavy atom. The van der Waals surface area contributed by atoms with Crippen LogP contribution in [0.1, 0.15) is 12.8 Å². The fraction of sp³-hybridized carbons (Fsp3) is 0.417. The fourth-order valence-corrected chi connectivity index (χ4v) is 2.03. The molecule has 2 rings (SSSR count). The van der Waals surface area contributed by atoms with E-state index in [1.165, 1.54) is 18.2 Å². The summed E-state index contributed by atoms with van der Waals surface area (Å²) in [4.78, 5) is 12.1. The van der Waals surface area contributed by atoms with Crippen molar-refractivity contribution in [2.45, 2.75) is 18.4 Å². The Kier molecular flexibility index (Phi) is 3.85. The summed E-state index contributed by atoms with van der Waals surface area (Å²) in [7, 11) is 0. The van der Waals surface area contributed by atoms with Crippen LogP contribution in [0.25, 0.3) is 0 Å². The van der Waals surface area contributed by atoms with Crippen LogP contribution >= 0.6 is 11.6 Å². The summed E-state index contributed by atoms with van der Waals surface area (Å²) in [6, 6.07) is 4.21. The van der Waals surface area contributed by atoms with Crippen LogP contribution in [0.4, 0.5) is 10.1 Å².